The highest BCUT2D eigenvalue weighted by atomic mass is 32.2. The number of carbonyl (C=O) groups excluding carboxylic acids is 2. The van der Waals surface area contributed by atoms with Gasteiger partial charge in [-0.05, 0) is 32.6 Å². The highest BCUT2D eigenvalue weighted by Crippen LogP contribution is 2.38. The molecule has 2 heterocycles. The number of hydrogen-bond donors (Lipinski definition) is 1. The second-order valence-electron chi connectivity index (χ2n) is 5.78. The van der Waals surface area contributed by atoms with Crippen molar-refractivity contribution in [1.29, 1.82) is 0 Å². The van der Waals surface area contributed by atoms with Crippen LogP contribution in [-0.2, 0) is 9.59 Å². The Labute approximate surface area is 141 Å². The van der Waals surface area contributed by atoms with E-state index in [4.69, 9.17) is 0 Å². The van der Waals surface area contributed by atoms with Crippen LogP contribution in [0.4, 0.5) is 5.69 Å². The molecule has 2 rings (SSSR count). The molecular formula is C16H24N4O2S. The molecule has 0 fully saturated rings. The number of amides is 2. The van der Waals surface area contributed by atoms with E-state index < -0.39 is 5.25 Å². The Morgan fingerprint density at radius 1 is 1.48 bits per heavy atom. The predicted molar refractivity (Wildman–Crippen MR) is 92.7 cm³/mol. The zero-order valence-electron chi connectivity index (χ0n) is 13.9. The summed E-state index contributed by atoms with van der Waals surface area (Å²) in [6, 6.07) is 3.75. The second-order valence-corrected chi connectivity index (χ2v) is 6.97. The number of aromatic nitrogens is 1. The number of anilines is 1. The smallest absolute Gasteiger partial charge is 0.241 e. The van der Waals surface area contributed by atoms with Gasteiger partial charge < -0.3 is 15.1 Å². The molecule has 6 nitrogen and oxygen atoms in total. The van der Waals surface area contributed by atoms with Gasteiger partial charge in [0.1, 0.15) is 5.03 Å². The standard InChI is InChI=1S/C16H24N4O2S/c1-4-9-20-12-6-5-7-18-15(12)23-13(16(20)22)11-14(21)17-8-10-19(2)3/h5-7,13H,4,8-11H2,1-3H3,(H,17,21)/t13-/m0/s1. The third-order valence-corrected chi connectivity index (χ3v) is 4.73. The number of rotatable bonds is 7. The first kappa shape index (κ1) is 17.7. The number of carbonyl (C=O) groups is 2. The van der Waals surface area contributed by atoms with Crippen LogP contribution in [-0.4, -0.2) is 60.7 Å². The van der Waals surface area contributed by atoms with Gasteiger partial charge in [-0.25, -0.2) is 4.98 Å². The number of thioether (sulfide) groups is 1. The monoisotopic (exact) mass is 336 g/mol. The minimum atomic E-state index is -0.400. The van der Waals surface area contributed by atoms with E-state index >= 15 is 0 Å². The summed E-state index contributed by atoms with van der Waals surface area (Å²) in [5.41, 5.74) is 0.855. The Bertz CT molecular complexity index is 565. The normalized spacial score (nSPS) is 17.3. The van der Waals surface area contributed by atoms with Crippen LogP contribution in [0, 0.1) is 0 Å². The lowest BCUT2D eigenvalue weighted by molar-refractivity contribution is -0.124. The summed E-state index contributed by atoms with van der Waals surface area (Å²) in [5.74, 6) is -0.0892. The minimum absolute atomic E-state index is 0.000101. The summed E-state index contributed by atoms with van der Waals surface area (Å²) in [4.78, 5) is 32.9. The summed E-state index contributed by atoms with van der Waals surface area (Å²) in [7, 11) is 3.91. The molecule has 1 aliphatic heterocycles. The van der Waals surface area contributed by atoms with Crippen LogP contribution in [0.3, 0.4) is 0 Å². The van der Waals surface area contributed by atoms with Crippen LogP contribution in [0.25, 0.3) is 0 Å². The Balaban J connectivity index is 2.03. The Kier molecular flexibility index (Phi) is 6.41. The Morgan fingerprint density at radius 2 is 2.26 bits per heavy atom. The van der Waals surface area contributed by atoms with Crippen molar-refractivity contribution >= 4 is 29.3 Å². The number of likely N-dealkylation sites (N-methyl/N-ethyl adjacent to an activating group) is 1. The van der Waals surface area contributed by atoms with Gasteiger partial charge in [0.25, 0.3) is 0 Å². The topological polar surface area (TPSA) is 65.5 Å². The fraction of sp³-hybridized carbons (Fsp3) is 0.562. The molecule has 1 N–H and O–H groups in total. The van der Waals surface area contributed by atoms with Gasteiger partial charge in [-0.3, -0.25) is 9.59 Å². The van der Waals surface area contributed by atoms with Gasteiger partial charge in [-0.2, -0.15) is 0 Å². The molecule has 0 aromatic carbocycles. The molecule has 126 valence electrons. The number of hydrogen-bond acceptors (Lipinski definition) is 5. The summed E-state index contributed by atoms with van der Waals surface area (Å²) in [6.07, 6.45) is 2.78. The lowest BCUT2D eigenvalue weighted by Crippen LogP contribution is -2.44. The van der Waals surface area contributed by atoms with Gasteiger partial charge in [0.2, 0.25) is 11.8 Å². The summed E-state index contributed by atoms with van der Waals surface area (Å²) < 4.78 is 0. The van der Waals surface area contributed by atoms with E-state index in [1.165, 1.54) is 11.8 Å². The molecule has 0 bridgehead atoms. The number of nitrogens with one attached hydrogen (secondary N) is 1. The van der Waals surface area contributed by atoms with Gasteiger partial charge >= 0.3 is 0 Å². The molecule has 23 heavy (non-hydrogen) atoms. The van der Waals surface area contributed by atoms with Crippen LogP contribution >= 0.6 is 11.8 Å². The zero-order valence-corrected chi connectivity index (χ0v) is 14.7. The molecule has 1 aliphatic rings. The molecule has 2 amide bonds. The van der Waals surface area contributed by atoms with Crippen molar-refractivity contribution in [2.24, 2.45) is 0 Å². The van der Waals surface area contributed by atoms with Gasteiger partial charge in [0.15, 0.2) is 0 Å². The van der Waals surface area contributed by atoms with Crippen molar-refractivity contribution in [3.8, 4) is 0 Å². The molecule has 1 aromatic rings. The number of fused-ring (bicyclic) bond motifs is 1. The number of nitrogens with zero attached hydrogens (tertiary/aromatic N) is 3. The fourth-order valence-electron chi connectivity index (χ4n) is 2.40. The van der Waals surface area contributed by atoms with E-state index in [0.29, 0.717) is 13.1 Å². The number of pyridine rings is 1. The van der Waals surface area contributed by atoms with E-state index in [-0.39, 0.29) is 18.2 Å². The first-order valence-electron chi connectivity index (χ1n) is 7.87. The van der Waals surface area contributed by atoms with Crippen molar-refractivity contribution in [3.63, 3.8) is 0 Å². The molecule has 0 unspecified atom stereocenters. The van der Waals surface area contributed by atoms with Crippen molar-refractivity contribution in [2.45, 2.75) is 30.0 Å². The highest BCUT2D eigenvalue weighted by molar-refractivity contribution is 8.00. The molecule has 1 aromatic heterocycles. The first-order valence-corrected chi connectivity index (χ1v) is 8.75. The maximum Gasteiger partial charge on any atom is 0.241 e. The van der Waals surface area contributed by atoms with E-state index in [1.54, 1.807) is 11.1 Å². The van der Waals surface area contributed by atoms with E-state index in [0.717, 1.165) is 23.7 Å². The lowest BCUT2D eigenvalue weighted by Gasteiger charge is -2.32. The molecule has 0 saturated carbocycles. The molecule has 0 radical (unpaired) electrons. The lowest BCUT2D eigenvalue weighted by atomic mass is 10.2. The largest absolute Gasteiger partial charge is 0.355 e. The van der Waals surface area contributed by atoms with Gasteiger partial charge in [-0.15, -0.1) is 0 Å². The minimum Gasteiger partial charge on any atom is -0.355 e. The zero-order chi connectivity index (χ0) is 16.8. The Morgan fingerprint density at radius 3 is 2.96 bits per heavy atom. The molecule has 0 aliphatic carbocycles. The van der Waals surface area contributed by atoms with Crippen molar-refractivity contribution in [2.75, 3.05) is 38.6 Å². The van der Waals surface area contributed by atoms with Crippen molar-refractivity contribution in [3.05, 3.63) is 18.3 Å². The van der Waals surface area contributed by atoms with Gasteiger partial charge in [0, 0.05) is 32.3 Å². The molecular weight excluding hydrogens is 312 g/mol. The van der Waals surface area contributed by atoms with Crippen LogP contribution in [0.1, 0.15) is 19.8 Å². The maximum absolute atomic E-state index is 12.7. The van der Waals surface area contributed by atoms with Crippen LogP contribution in [0.5, 0.6) is 0 Å². The molecule has 1 atom stereocenters. The summed E-state index contributed by atoms with van der Waals surface area (Å²) in [6.45, 7) is 4.06. The third-order valence-electron chi connectivity index (χ3n) is 3.54. The van der Waals surface area contributed by atoms with Crippen LogP contribution in [0.2, 0.25) is 0 Å². The van der Waals surface area contributed by atoms with Gasteiger partial charge in [0.05, 0.1) is 10.9 Å². The van der Waals surface area contributed by atoms with Crippen LogP contribution < -0.4 is 10.2 Å². The average Bonchev–Trinajstić information content (AvgIpc) is 2.51. The second kappa shape index (κ2) is 8.31. The molecule has 7 heteroatoms. The van der Waals surface area contributed by atoms with Gasteiger partial charge in [-0.1, -0.05) is 18.7 Å². The van der Waals surface area contributed by atoms with Crippen LogP contribution in [0.15, 0.2) is 23.4 Å². The van der Waals surface area contributed by atoms with E-state index in [9.17, 15) is 9.59 Å². The van der Waals surface area contributed by atoms with E-state index in [2.05, 4.69) is 10.3 Å². The quantitative estimate of drug-likeness (QED) is 0.815. The SMILES string of the molecule is CCCN1C(=O)[C@H](CC(=O)NCCN(C)C)Sc2ncccc21. The van der Waals surface area contributed by atoms with E-state index in [1.807, 2.05) is 38.1 Å². The fourth-order valence-corrected chi connectivity index (χ4v) is 3.55. The van der Waals surface area contributed by atoms with Crippen molar-refractivity contribution < 1.29 is 9.59 Å². The maximum atomic E-state index is 12.7. The van der Waals surface area contributed by atoms with Crippen molar-refractivity contribution in [1.82, 2.24) is 15.2 Å². The molecule has 0 spiro atoms. The average molecular weight is 336 g/mol. The Hall–Kier alpha value is -1.60. The summed E-state index contributed by atoms with van der Waals surface area (Å²) >= 11 is 1.39. The first-order chi connectivity index (χ1) is 11.0. The predicted octanol–water partition coefficient (Wildman–Crippen LogP) is 1.37. The highest BCUT2D eigenvalue weighted by Gasteiger charge is 2.35. The summed E-state index contributed by atoms with van der Waals surface area (Å²) in [5, 5.41) is 3.29. The molecule has 0 saturated heterocycles. The third kappa shape index (κ3) is 4.68.